The van der Waals surface area contributed by atoms with Crippen LogP contribution in [0.25, 0.3) is 0 Å². The fraction of sp³-hybridized carbons (Fsp3) is 0.300. The van der Waals surface area contributed by atoms with E-state index in [4.69, 9.17) is 0 Å². The van der Waals surface area contributed by atoms with Gasteiger partial charge in [0.25, 0.3) is 5.91 Å². The third kappa shape index (κ3) is 3.32. The number of rotatable bonds is 4. The van der Waals surface area contributed by atoms with Crippen molar-refractivity contribution >= 4 is 23.2 Å². The lowest BCUT2D eigenvalue weighted by Gasteiger charge is -2.29. The highest BCUT2D eigenvalue weighted by molar-refractivity contribution is 6.04. The number of carbonyl (C=O) groups is 2. The largest absolute Gasteiger partial charge is 0.322 e. The molecule has 1 N–H and O–H groups in total. The molecule has 0 aliphatic carbocycles. The Morgan fingerprint density at radius 2 is 1.88 bits per heavy atom. The molecule has 0 bridgehead atoms. The molecule has 0 spiro atoms. The first-order chi connectivity index (χ1) is 11.6. The van der Waals surface area contributed by atoms with E-state index in [-0.39, 0.29) is 11.8 Å². The summed E-state index contributed by atoms with van der Waals surface area (Å²) in [5.41, 5.74) is 4.62. The second-order valence-corrected chi connectivity index (χ2v) is 6.21. The molecule has 124 valence electrons. The Morgan fingerprint density at radius 3 is 2.58 bits per heavy atom. The zero-order valence-electron chi connectivity index (χ0n) is 14.1. The van der Waals surface area contributed by atoms with Gasteiger partial charge in [0.15, 0.2) is 0 Å². The number of benzene rings is 2. The van der Waals surface area contributed by atoms with Crippen molar-refractivity contribution in [3.05, 3.63) is 59.2 Å². The minimum atomic E-state index is -0.118. The van der Waals surface area contributed by atoms with Crippen LogP contribution in [0.2, 0.25) is 0 Å². The first-order valence-corrected chi connectivity index (χ1v) is 8.40. The number of amides is 2. The molecule has 0 atom stereocenters. The molecule has 4 heteroatoms. The van der Waals surface area contributed by atoms with Gasteiger partial charge in [-0.05, 0) is 55.7 Å². The van der Waals surface area contributed by atoms with Crippen molar-refractivity contribution in [1.29, 1.82) is 0 Å². The molecule has 24 heavy (non-hydrogen) atoms. The van der Waals surface area contributed by atoms with Gasteiger partial charge >= 0.3 is 0 Å². The molecule has 2 aromatic rings. The van der Waals surface area contributed by atoms with Gasteiger partial charge in [0.05, 0.1) is 0 Å². The fourth-order valence-electron chi connectivity index (χ4n) is 3.01. The summed E-state index contributed by atoms with van der Waals surface area (Å²) < 4.78 is 0. The van der Waals surface area contributed by atoms with Crippen LogP contribution in [-0.4, -0.2) is 18.4 Å². The van der Waals surface area contributed by atoms with E-state index in [1.54, 1.807) is 0 Å². The molecule has 1 heterocycles. The van der Waals surface area contributed by atoms with Crippen LogP contribution in [0.4, 0.5) is 11.4 Å². The van der Waals surface area contributed by atoms with Crippen molar-refractivity contribution < 1.29 is 9.59 Å². The summed E-state index contributed by atoms with van der Waals surface area (Å²) in [6.07, 6.45) is 2.18. The molecule has 0 saturated carbocycles. The van der Waals surface area contributed by atoms with Crippen LogP contribution in [0.5, 0.6) is 0 Å². The monoisotopic (exact) mass is 322 g/mol. The zero-order valence-corrected chi connectivity index (χ0v) is 14.1. The summed E-state index contributed by atoms with van der Waals surface area (Å²) in [7, 11) is 0. The summed E-state index contributed by atoms with van der Waals surface area (Å²) in [5.74, 6) is 0.0630. The molecule has 0 aromatic heterocycles. The molecule has 0 radical (unpaired) electrons. The van der Waals surface area contributed by atoms with E-state index in [9.17, 15) is 9.59 Å². The van der Waals surface area contributed by atoms with Gasteiger partial charge in [-0.3, -0.25) is 9.59 Å². The Morgan fingerprint density at radius 1 is 1.12 bits per heavy atom. The van der Waals surface area contributed by atoms with E-state index in [0.717, 1.165) is 41.9 Å². The summed E-state index contributed by atoms with van der Waals surface area (Å²) in [6, 6.07) is 13.3. The summed E-state index contributed by atoms with van der Waals surface area (Å²) in [6.45, 7) is 4.80. The second-order valence-electron chi connectivity index (χ2n) is 6.21. The number of nitrogens with one attached hydrogen (secondary N) is 1. The molecule has 0 fully saturated rings. The first-order valence-electron chi connectivity index (χ1n) is 8.40. The third-order valence-corrected chi connectivity index (χ3v) is 4.30. The number of aryl methyl sites for hydroxylation is 2. The average molecular weight is 322 g/mol. The standard InChI is InChI=1S/C20H22N2O2/c1-3-12-22-18-10-9-17(13-16(18)8-11-19(22)23)21-20(24)15-6-4-14(2)5-7-15/h4-7,9-10,13H,3,8,11-12H2,1-2H3,(H,21,24). The van der Waals surface area contributed by atoms with Crippen molar-refractivity contribution in [2.45, 2.75) is 33.1 Å². The number of nitrogens with zero attached hydrogens (tertiary/aromatic N) is 1. The van der Waals surface area contributed by atoms with Crippen molar-refractivity contribution in [2.24, 2.45) is 0 Å². The lowest BCUT2D eigenvalue weighted by Crippen LogP contribution is -2.35. The molecule has 2 amide bonds. The van der Waals surface area contributed by atoms with Crippen LogP contribution in [0.15, 0.2) is 42.5 Å². The molecule has 1 aliphatic rings. The summed E-state index contributed by atoms with van der Waals surface area (Å²) >= 11 is 0. The molecule has 3 rings (SSSR count). The molecule has 0 unspecified atom stereocenters. The van der Waals surface area contributed by atoms with Gasteiger partial charge in [0.2, 0.25) is 5.91 Å². The summed E-state index contributed by atoms with van der Waals surface area (Å²) in [4.78, 5) is 26.3. The van der Waals surface area contributed by atoms with Gasteiger partial charge in [0.1, 0.15) is 0 Å². The Kier molecular flexibility index (Phi) is 4.65. The van der Waals surface area contributed by atoms with Crippen LogP contribution >= 0.6 is 0 Å². The highest BCUT2D eigenvalue weighted by Gasteiger charge is 2.23. The van der Waals surface area contributed by atoms with Crippen molar-refractivity contribution in [3.8, 4) is 0 Å². The molecule has 2 aromatic carbocycles. The SMILES string of the molecule is CCCN1C(=O)CCc2cc(NC(=O)c3ccc(C)cc3)ccc21. The van der Waals surface area contributed by atoms with Gasteiger partial charge in [-0.1, -0.05) is 24.6 Å². The molecular formula is C20H22N2O2. The van der Waals surface area contributed by atoms with Crippen LogP contribution in [0.3, 0.4) is 0 Å². The lowest BCUT2D eigenvalue weighted by molar-refractivity contribution is -0.118. The fourth-order valence-corrected chi connectivity index (χ4v) is 3.01. The third-order valence-electron chi connectivity index (χ3n) is 4.30. The van der Waals surface area contributed by atoms with Gasteiger partial charge < -0.3 is 10.2 Å². The number of carbonyl (C=O) groups excluding carboxylic acids is 2. The van der Waals surface area contributed by atoms with Gasteiger partial charge in [-0.25, -0.2) is 0 Å². The molecule has 4 nitrogen and oxygen atoms in total. The zero-order chi connectivity index (χ0) is 17.1. The topological polar surface area (TPSA) is 49.4 Å². The minimum Gasteiger partial charge on any atom is -0.322 e. The predicted octanol–water partition coefficient (Wildman–Crippen LogP) is 3.94. The van der Waals surface area contributed by atoms with E-state index in [2.05, 4.69) is 12.2 Å². The maximum atomic E-state index is 12.3. The van der Waals surface area contributed by atoms with E-state index < -0.39 is 0 Å². The molecule has 1 aliphatic heterocycles. The van der Waals surface area contributed by atoms with Crippen molar-refractivity contribution in [3.63, 3.8) is 0 Å². The normalized spacial score (nSPS) is 13.6. The van der Waals surface area contributed by atoms with Crippen LogP contribution in [0, 0.1) is 6.92 Å². The average Bonchev–Trinajstić information content (AvgIpc) is 2.58. The molecular weight excluding hydrogens is 300 g/mol. The van der Waals surface area contributed by atoms with Crippen LogP contribution < -0.4 is 10.2 Å². The van der Waals surface area contributed by atoms with Gasteiger partial charge in [0, 0.05) is 29.9 Å². The Hall–Kier alpha value is -2.62. The quantitative estimate of drug-likeness (QED) is 0.927. The smallest absolute Gasteiger partial charge is 0.255 e. The number of fused-ring (bicyclic) bond motifs is 1. The van der Waals surface area contributed by atoms with E-state index in [0.29, 0.717) is 12.0 Å². The van der Waals surface area contributed by atoms with E-state index in [1.807, 2.05) is 54.3 Å². The maximum Gasteiger partial charge on any atom is 0.255 e. The van der Waals surface area contributed by atoms with E-state index in [1.165, 1.54) is 0 Å². The Balaban J connectivity index is 1.80. The Bertz CT molecular complexity index is 766. The number of hydrogen-bond acceptors (Lipinski definition) is 2. The van der Waals surface area contributed by atoms with Crippen molar-refractivity contribution in [2.75, 3.05) is 16.8 Å². The number of hydrogen-bond donors (Lipinski definition) is 1. The van der Waals surface area contributed by atoms with Gasteiger partial charge in [-0.2, -0.15) is 0 Å². The first kappa shape index (κ1) is 16.2. The number of anilines is 2. The maximum absolute atomic E-state index is 12.3. The van der Waals surface area contributed by atoms with Crippen LogP contribution in [-0.2, 0) is 11.2 Å². The van der Waals surface area contributed by atoms with Crippen LogP contribution in [0.1, 0.15) is 41.3 Å². The van der Waals surface area contributed by atoms with Crippen molar-refractivity contribution in [1.82, 2.24) is 0 Å². The predicted molar refractivity (Wildman–Crippen MR) is 96.5 cm³/mol. The Labute approximate surface area is 142 Å². The lowest BCUT2D eigenvalue weighted by atomic mass is 10.00. The minimum absolute atomic E-state index is 0.118. The highest BCUT2D eigenvalue weighted by atomic mass is 16.2. The molecule has 0 saturated heterocycles. The van der Waals surface area contributed by atoms with Gasteiger partial charge in [-0.15, -0.1) is 0 Å². The van der Waals surface area contributed by atoms with E-state index >= 15 is 0 Å². The summed E-state index contributed by atoms with van der Waals surface area (Å²) in [5, 5.41) is 2.94. The highest BCUT2D eigenvalue weighted by Crippen LogP contribution is 2.30. The second kappa shape index (κ2) is 6.87.